The fourth-order valence-corrected chi connectivity index (χ4v) is 2.95. The van der Waals surface area contributed by atoms with Gasteiger partial charge in [-0.2, -0.15) is 26.3 Å². The molecule has 0 aromatic heterocycles. The zero-order valence-corrected chi connectivity index (χ0v) is 19.5. The summed E-state index contributed by atoms with van der Waals surface area (Å²) in [4.78, 5) is 36.0. The molecule has 14 heteroatoms. The first-order valence-corrected chi connectivity index (χ1v) is 10.8. The van der Waals surface area contributed by atoms with Crippen LogP contribution in [-0.4, -0.2) is 36.9 Å². The van der Waals surface area contributed by atoms with Crippen molar-refractivity contribution in [3.63, 3.8) is 0 Å². The third-order valence-corrected chi connectivity index (χ3v) is 4.79. The van der Waals surface area contributed by atoms with E-state index < -0.39 is 52.8 Å². The lowest BCUT2D eigenvalue weighted by atomic mass is 10.0. The average Bonchev–Trinajstić information content (AvgIpc) is 2.76. The van der Waals surface area contributed by atoms with E-state index >= 15 is 0 Å². The van der Waals surface area contributed by atoms with Crippen LogP contribution in [0.1, 0.15) is 34.3 Å². The number of halogens is 8. The van der Waals surface area contributed by atoms with Gasteiger partial charge in [-0.3, -0.25) is 14.4 Å². The number of esters is 1. The number of allylic oxidation sites excluding steroid dienone is 1. The van der Waals surface area contributed by atoms with E-state index in [2.05, 4.69) is 5.32 Å². The normalized spacial score (nSPS) is 15.8. The maximum absolute atomic E-state index is 13.2. The molecule has 1 unspecified atom stereocenters. The first-order chi connectivity index (χ1) is 16.7. The van der Waals surface area contributed by atoms with Crippen LogP contribution >= 0.6 is 23.2 Å². The molecule has 1 aromatic rings. The summed E-state index contributed by atoms with van der Waals surface area (Å²) in [5.41, 5.74) is -4.28. The van der Waals surface area contributed by atoms with Gasteiger partial charge in [0, 0.05) is 19.0 Å². The van der Waals surface area contributed by atoms with Crippen LogP contribution in [0.2, 0.25) is 0 Å². The van der Waals surface area contributed by atoms with Crippen molar-refractivity contribution in [2.45, 2.75) is 31.3 Å². The molecule has 0 spiro atoms. The van der Waals surface area contributed by atoms with Crippen LogP contribution in [0, 0.1) is 0 Å². The predicted octanol–water partition coefficient (Wildman–Crippen LogP) is 5.50. The molecule has 0 saturated heterocycles. The van der Waals surface area contributed by atoms with Crippen LogP contribution in [0.25, 0.3) is 0 Å². The van der Waals surface area contributed by atoms with Gasteiger partial charge in [0.15, 0.2) is 5.78 Å². The zero-order valence-electron chi connectivity index (χ0n) is 18.0. The smallest absolute Gasteiger partial charge is 0.417 e. The summed E-state index contributed by atoms with van der Waals surface area (Å²) in [6, 6.07) is 0.664. The van der Waals surface area contributed by atoms with Crippen molar-refractivity contribution in [2.24, 2.45) is 0 Å². The molecule has 0 saturated carbocycles. The van der Waals surface area contributed by atoms with Gasteiger partial charge in [-0.15, -0.1) is 0 Å². The third kappa shape index (κ3) is 8.99. The Bertz CT molecular complexity index is 1090. The minimum absolute atomic E-state index is 0.0330. The molecule has 6 nitrogen and oxygen atoms in total. The summed E-state index contributed by atoms with van der Waals surface area (Å²) in [5, 5.41) is 2.12. The topological polar surface area (TPSA) is 81.7 Å². The number of nitrogens with one attached hydrogen (secondary N) is 1. The van der Waals surface area contributed by atoms with Crippen molar-refractivity contribution in [3.05, 3.63) is 69.4 Å². The van der Waals surface area contributed by atoms with Gasteiger partial charge in [0.25, 0.3) is 5.91 Å². The number of ether oxygens (including phenoxy) is 2. The SMILES string of the molecule is O=C(CCCNC(=O)c1ccc(C(F)(F)F)cc1C(F)(F)F)OC1=CC(=O)C(OCC=C(Cl)Cl)C=C1. The van der Waals surface area contributed by atoms with E-state index in [9.17, 15) is 40.7 Å². The molecular weight excluding hydrogens is 543 g/mol. The predicted molar refractivity (Wildman–Crippen MR) is 116 cm³/mol. The van der Waals surface area contributed by atoms with Gasteiger partial charge >= 0.3 is 18.3 Å². The Kier molecular flexibility index (Phi) is 10.1. The van der Waals surface area contributed by atoms with E-state index in [0.717, 1.165) is 6.08 Å². The molecule has 1 aliphatic rings. The van der Waals surface area contributed by atoms with E-state index in [1.807, 2.05) is 0 Å². The summed E-state index contributed by atoms with van der Waals surface area (Å²) < 4.78 is 87.9. The van der Waals surface area contributed by atoms with Crippen LogP contribution in [-0.2, 0) is 31.4 Å². The number of ketones is 1. The second-order valence-electron chi connectivity index (χ2n) is 7.15. The molecule has 0 radical (unpaired) electrons. The standard InChI is InChI=1S/C22H17Cl2F6NO5/c23-18(24)7-9-35-17-6-4-13(11-16(17)32)36-19(33)2-1-8-31-20(34)14-5-3-12(21(25,26)27)10-15(14)22(28,29)30/h3-7,10-11,17H,1-2,8-9H2,(H,31,34). The van der Waals surface area contributed by atoms with Crippen molar-refractivity contribution < 1.29 is 50.2 Å². The lowest BCUT2D eigenvalue weighted by molar-refractivity contribution is -0.143. The fraction of sp³-hybridized carbons (Fsp3) is 0.318. The van der Waals surface area contributed by atoms with Gasteiger partial charge in [-0.25, -0.2) is 0 Å². The van der Waals surface area contributed by atoms with Gasteiger partial charge in [-0.1, -0.05) is 23.2 Å². The van der Waals surface area contributed by atoms with Gasteiger partial charge in [0.1, 0.15) is 16.4 Å². The Balaban J connectivity index is 1.85. The molecule has 0 heterocycles. The quantitative estimate of drug-likeness (QED) is 0.245. The van der Waals surface area contributed by atoms with Crippen LogP contribution in [0.15, 0.2) is 52.8 Å². The Morgan fingerprint density at radius 3 is 2.36 bits per heavy atom. The summed E-state index contributed by atoms with van der Waals surface area (Å²) >= 11 is 10.9. The number of carbonyl (C=O) groups is 3. The number of carbonyl (C=O) groups excluding carboxylic acids is 3. The Hall–Kier alpha value is -2.83. The fourth-order valence-electron chi connectivity index (χ4n) is 2.83. The Labute approximate surface area is 210 Å². The summed E-state index contributed by atoms with van der Waals surface area (Å²) in [7, 11) is 0. The van der Waals surface area contributed by atoms with E-state index in [0.29, 0.717) is 12.1 Å². The highest BCUT2D eigenvalue weighted by Crippen LogP contribution is 2.37. The number of alkyl halides is 6. The van der Waals surface area contributed by atoms with E-state index in [1.165, 1.54) is 18.2 Å². The van der Waals surface area contributed by atoms with Crippen molar-refractivity contribution in [3.8, 4) is 0 Å². The average molecular weight is 560 g/mol. The Morgan fingerprint density at radius 1 is 1.08 bits per heavy atom. The maximum Gasteiger partial charge on any atom is 0.417 e. The van der Waals surface area contributed by atoms with Gasteiger partial charge < -0.3 is 14.8 Å². The lowest BCUT2D eigenvalue weighted by Crippen LogP contribution is -2.28. The summed E-state index contributed by atoms with van der Waals surface area (Å²) in [6.45, 7) is -0.304. The van der Waals surface area contributed by atoms with Gasteiger partial charge in [0.2, 0.25) is 0 Å². The number of hydrogen-bond acceptors (Lipinski definition) is 5. The minimum atomic E-state index is -5.20. The molecule has 1 amide bonds. The summed E-state index contributed by atoms with van der Waals surface area (Å²) in [5.74, 6) is -2.64. The van der Waals surface area contributed by atoms with Crippen LogP contribution in [0.3, 0.4) is 0 Å². The largest absolute Gasteiger partial charge is 0.426 e. The second-order valence-corrected chi connectivity index (χ2v) is 8.15. The molecule has 0 aliphatic heterocycles. The van der Waals surface area contributed by atoms with E-state index in [1.54, 1.807) is 0 Å². The monoisotopic (exact) mass is 559 g/mol. The maximum atomic E-state index is 13.2. The van der Waals surface area contributed by atoms with E-state index in [-0.39, 0.29) is 42.3 Å². The highest BCUT2D eigenvalue weighted by atomic mass is 35.5. The minimum Gasteiger partial charge on any atom is -0.426 e. The third-order valence-electron chi connectivity index (χ3n) is 4.49. The molecule has 0 fully saturated rings. The lowest BCUT2D eigenvalue weighted by Gasteiger charge is -2.16. The van der Waals surface area contributed by atoms with Crippen molar-refractivity contribution >= 4 is 40.9 Å². The molecular formula is C22H17Cl2F6NO5. The molecule has 2 rings (SSSR count). The summed E-state index contributed by atoms with van der Waals surface area (Å²) in [6.07, 6.45) is -6.49. The number of benzene rings is 1. The molecule has 0 bridgehead atoms. The Morgan fingerprint density at radius 2 is 1.78 bits per heavy atom. The van der Waals surface area contributed by atoms with Gasteiger partial charge in [0.05, 0.1) is 23.3 Å². The molecule has 196 valence electrons. The van der Waals surface area contributed by atoms with Crippen molar-refractivity contribution in [1.29, 1.82) is 0 Å². The van der Waals surface area contributed by atoms with Gasteiger partial charge in [-0.05, 0) is 42.8 Å². The molecule has 36 heavy (non-hydrogen) atoms. The van der Waals surface area contributed by atoms with Crippen LogP contribution < -0.4 is 5.32 Å². The van der Waals surface area contributed by atoms with Crippen molar-refractivity contribution in [1.82, 2.24) is 5.32 Å². The number of rotatable bonds is 9. The molecule has 1 aliphatic carbocycles. The number of hydrogen-bond donors (Lipinski definition) is 1. The first-order valence-electron chi connectivity index (χ1n) is 10.0. The molecule has 1 aromatic carbocycles. The number of amides is 1. The van der Waals surface area contributed by atoms with Crippen molar-refractivity contribution in [2.75, 3.05) is 13.2 Å². The van der Waals surface area contributed by atoms with E-state index in [4.69, 9.17) is 32.7 Å². The molecule has 1 atom stereocenters. The molecule has 1 N–H and O–H groups in total. The first kappa shape index (κ1) is 29.4. The van der Waals surface area contributed by atoms with Crippen LogP contribution in [0.4, 0.5) is 26.3 Å². The zero-order chi connectivity index (χ0) is 27.1. The van der Waals surface area contributed by atoms with Crippen LogP contribution in [0.5, 0.6) is 0 Å². The highest BCUT2D eigenvalue weighted by Gasteiger charge is 2.39. The second kappa shape index (κ2) is 12.4. The highest BCUT2D eigenvalue weighted by molar-refractivity contribution is 6.55.